The van der Waals surface area contributed by atoms with E-state index < -0.39 is 0 Å². The van der Waals surface area contributed by atoms with Crippen LogP contribution in [0.5, 0.6) is 0 Å². The van der Waals surface area contributed by atoms with Crippen LogP contribution in [0.25, 0.3) is 0 Å². The van der Waals surface area contributed by atoms with Gasteiger partial charge >= 0.3 is 5.97 Å². The number of carbonyl (C=O) groups is 2. The van der Waals surface area contributed by atoms with Crippen LogP contribution in [0.3, 0.4) is 0 Å². The Morgan fingerprint density at radius 1 is 1.27 bits per heavy atom. The van der Waals surface area contributed by atoms with Crippen molar-refractivity contribution in [3.8, 4) is 0 Å². The number of hydrogen-bond donors (Lipinski definition) is 1. The predicted octanol–water partition coefficient (Wildman–Crippen LogP) is 3.26. The van der Waals surface area contributed by atoms with Gasteiger partial charge in [0.2, 0.25) is 0 Å². The Morgan fingerprint density at radius 2 is 2.05 bits per heavy atom. The highest BCUT2D eigenvalue weighted by Gasteiger charge is 2.32. The molecular formula is C17H17NO4. The van der Waals surface area contributed by atoms with Crippen molar-refractivity contribution in [3.05, 3.63) is 40.7 Å². The van der Waals surface area contributed by atoms with Gasteiger partial charge in [-0.3, -0.25) is 9.79 Å². The molecule has 5 heteroatoms. The van der Waals surface area contributed by atoms with Crippen molar-refractivity contribution in [2.45, 2.75) is 33.3 Å². The van der Waals surface area contributed by atoms with Gasteiger partial charge in [0.1, 0.15) is 12.4 Å². The Morgan fingerprint density at radius 3 is 2.77 bits per heavy atom. The lowest BCUT2D eigenvalue weighted by Crippen LogP contribution is -2.26. The smallest absolute Gasteiger partial charge is 0.338 e. The monoisotopic (exact) mass is 299 g/mol. The van der Waals surface area contributed by atoms with Crippen molar-refractivity contribution in [3.63, 3.8) is 0 Å². The van der Waals surface area contributed by atoms with E-state index in [1.165, 1.54) is 6.21 Å². The Kier molecular flexibility index (Phi) is 3.35. The minimum absolute atomic E-state index is 0.0746. The molecule has 22 heavy (non-hydrogen) atoms. The molecule has 114 valence electrons. The third-order valence-corrected chi connectivity index (χ3v) is 3.91. The van der Waals surface area contributed by atoms with Crippen LogP contribution >= 0.6 is 0 Å². The van der Waals surface area contributed by atoms with Crippen molar-refractivity contribution in [2.24, 2.45) is 10.4 Å². The number of nitrogens with zero attached hydrogens (tertiary/aromatic N) is 1. The summed E-state index contributed by atoms with van der Waals surface area (Å²) >= 11 is 0. The number of cyclic esters (lactones) is 1. The van der Waals surface area contributed by atoms with Crippen LogP contribution in [0, 0.1) is 5.41 Å². The molecule has 1 aliphatic heterocycles. The molecule has 0 atom stereocenters. The maximum Gasteiger partial charge on any atom is 0.338 e. The summed E-state index contributed by atoms with van der Waals surface area (Å²) in [7, 11) is 0. The number of fused-ring (bicyclic) bond motifs is 1. The molecular weight excluding hydrogens is 282 g/mol. The van der Waals surface area contributed by atoms with Crippen molar-refractivity contribution >= 4 is 23.7 Å². The van der Waals surface area contributed by atoms with Crippen LogP contribution in [0.1, 0.15) is 42.6 Å². The Labute approximate surface area is 128 Å². The summed E-state index contributed by atoms with van der Waals surface area (Å²) in [4.78, 5) is 27.8. The lowest BCUT2D eigenvalue weighted by atomic mass is 9.77. The van der Waals surface area contributed by atoms with Crippen molar-refractivity contribution < 1.29 is 19.4 Å². The Hall–Kier alpha value is -2.43. The minimum atomic E-state index is -0.357. The van der Waals surface area contributed by atoms with E-state index in [9.17, 15) is 14.7 Å². The fourth-order valence-corrected chi connectivity index (χ4v) is 2.77. The van der Waals surface area contributed by atoms with Gasteiger partial charge < -0.3 is 9.84 Å². The third kappa shape index (κ3) is 2.66. The van der Waals surface area contributed by atoms with E-state index in [2.05, 4.69) is 4.99 Å². The summed E-state index contributed by atoms with van der Waals surface area (Å²) in [5.41, 5.74) is 1.92. The number of ether oxygens (including phenoxy) is 1. The van der Waals surface area contributed by atoms with Crippen molar-refractivity contribution in [1.29, 1.82) is 0 Å². The van der Waals surface area contributed by atoms with Crippen molar-refractivity contribution in [2.75, 3.05) is 0 Å². The van der Waals surface area contributed by atoms with Gasteiger partial charge in [0, 0.05) is 24.6 Å². The largest absolute Gasteiger partial charge is 0.511 e. The molecule has 0 bridgehead atoms. The van der Waals surface area contributed by atoms with E-state index in [1.54, 1.807) is 18.2 Å². The average Bonchev–Trinajstić information content (AvgIpc) is 2.78. The van der Waals surface area contributed by atoms with Crippen LogP contribution < -0.4 is 0 Å². The number of Topliss-reactive ketones (excluding diaryl/α,β-unsaturated/α-hetero) is 1. The second kappa shape index (κ2) is 5.09. The van der Waals surface area contributed by atoms with Crippen LogP contribution in [0.15, 0.2) is 34.5 Å². The molecule has 5 nitrogen and oxygen atoms in total. The fourth-order valence-electron chi connectivity index (χ4n) is 2.77. The second-order valence-electron chi connectivity index (χ2n) is 6.48. The summed E-state index contributed by atoms with van der Waals surface area (Å²) in [5.74, 6) is -0.395. The number of benzene rings is 1. The molecule has 0 radical (unpaired) electrons. The first-order valence-electron chi connectivity index (χ1n) is 7.15. The number of carbonyl (C=O) groups excluding carboxylic acids is 2. The predicted molar refractivity (Wildman–Crippen MR) is 81.4 cm³/mol. The SMILES string of the molecule is CC1(C)CC(=O)C(C=Nc2ccc3c(c2)C(=O)OC3)=C(O)C1. The summed E-state index contributed by atoms with van der Waals surface area (Å²) in [6.45, 7) is 4.18. The van der Waals surface area contributed by atoms with Gasteiger partial charge in [-0.2, -0.15) is 0 Å². The number of aliphatic hydroxyl groups is 1. The highest BCUT2D eigenvalue weighted by atomic mass is 16.5. The van der Waals surface area contributed by atoms with Crippen molar-refractivity contribution in [1.82, 2.24) is 0 Å². The van der Waals surface area contributed by atoms with Gasteiger partial charge in [-0.25, -0.2) is 4.79 Å². The number of hydrogen-bond acceptors (Lipinski definition) is 5. The Bertz CT molecular complexity index is 728. The molecule has 0 saturated carbocycles. The van der Waals surface area contributed by atoms with E-state index in [1.807, 2.05) is 13.8 Å². The van der Waals surface area contributed by atoms with Crippen LogP contribution in [-0.4, -0.2) is 23.1 Å². The number of aliphatic imine (C=N–C) groups is 1. The Balaban J connectivity index is 1.87. The average molecular weight is 299 g/mol. The van der Waals surface area contributed by atoms with Gasteiger partial charge in [0.05, 0.1) is 16.8 Å². The molecule has 2 aliphatic rings. The molecule has 0 amide bonds. The fraction of sp³-hybridized carbons (Fsp3) is 0.353. The summed E-state index contributed by atoms with van der Waals surface area (Å²) in [6.07, 6.45) is 2.22. The van der Waals surface area contributed by atoms with Gasteiger partial charge in [-0.05, 0) is 17.5 Å². The minimum Gasteiger partial charge on any atom is -0.511 e. The molecule has 1 aromatic carbocycles. The second-order valence-corrected chi connectivity index (χ2v) is 6.48. The zero-order valence-corrected chi connectivity index (χ0v) is 12.5. The zero-order valence-electron chi connectivity index (χ0n) is 12.5. The van der Waals surface area contributed by atoms with E-state index in [-0.39, 0.29) is 35.1 Å². The molecule has 0 spiro atoms. The van der Waals surface area contributed by atoms with Crippen LogP contribution in [0.2, 0.25) is 0 Å². The molecule has 0 fully saturated rings. The van der Waals surface area contributed by atoms with Gasteiger partial charge in [0.25, 0.3) is 0 Å². The van der Waals surface area contributed by atoms with E-state index in [4.69, 9.17) is 4.74 Å². The van der Waals surface area contributed by atoms with Gasteiger partial charge in [-0.15, -0.1) is 0 Å². The molecule has 0 aromatic heterocycles. The molecule has 1 aromatic rings. The molecule has 0 saturated heterocycles. The number of ketones is 1. The number of allylic oxidation sites excluding steroid dienone is 2. The first kappa shape index (κ1) is 14.5. The summed E-state index contributed by atoms with van der Waals surface area (Å²) < 4.78 is 4.94. The standard InChI is InChI=1S/C17H17NO4/c1-17(2)6-14(19)13(15(20)7-17)8-18-11-4-3-10-9-22-16(21)12(10)5-11/h3-5,8,19H,6-7,9H2,1-2H3. The lowest BCUT2D eigenvalue weighted by molar-refractivity contribution is -0.117. The summed E-state index contributed by atoms with van der Waals surface area (Å²) in [5, 5.41) is 10.0. The topological polar surface area (TPSA) is 76.0 Å². The quantitative estimate of drug-likeness (QED) is 0.671. The maximum absolute atomic E-state index is 12.1. The van der Waals surface area contributed by atoms with Crippen LogP contribution in [0.4, 0.5) is 5.69 Å². The van der Waals surface area contributed by atoms with Gasteiger partial charge in [-0.1, -0.05) is 19.9 Å². The molecule has 0 unspecified atom stereocenters. The third-order valence-electron chi connectivity index (χ3n) is 3.91. The normalized spacial score (nSPS) is 20.5. The van der Waals surface area contributed by atoms with E-state index in [0.717, 1.165) is 5.56 Å². The summed E-state index contributed by atoms with van der Waals surface area (Å²) in [6, 6.07) is 5.18. The first-order valence-corrected chi connectivity index (χ1v) is 7.15. The molecule has 3 rings (SSSR count). The first-order chi connectivity index (χ1) is 10.4. The lowest BCUT2D eigenvalue weighted by Gasteiger charge is -2.28. The highest BCUT2D eigenvalue weighted by Crippen LogP contribution is 2.35. The van der Waals surface area contributed by atoms with Gasteiger partial charge in [0.15, 0.2) is 5.78 Å². The molecule has 1 heterocycles. The molecule has 1 N–H and O–H groups in total. The zero-order chi connectivity index (χ0) is 15.9. The number of aliphatic hydroxyl groups excluding tert-OH is 1. The van der Waals surface area contributed by atoms with E-state index >= 15 is 0 Å². The molecule has 1 aliphatic carbocycles. The highest BCUT2D eigenvalue weighted by molar-refractivity contribution is 6.15. The number of rotatable bonds is 2. The van der Waals surface area contributed by atoms with E-state index in [0.29, 0.717) is 24.1 Å². The van der Waals surface area contributed by atoms with Crippen LogP contribution in [-0.2, 0) is 16.1 Å². The maximum atomic E-state index is 12.1. The number of esters is 1.